The molecule has 0 aliphatic rings. The third-order valence-electron chi connectivity index (χ3n) is 2.38. The fraction of sp³-hybridized carbons (Fsp3) is 0.357. The second-order valence-corrected chi connectivity index (χ2v) is 4.05. The fourth-order valence-electron chi connectivity index (χ4n) is 1.37. The molecule has 2 N–H and O–H groups in total. The average molecular weight is 294 g/mol. The van der Waals surface area contributed by atoms with Crippen molar-refractivity contribution in [3.63, 3.8) is 0 Å². The Labute approximate surface area is 122 Å². The minimum Gasteiger partial charge on any atom is -0.494 e. The van der Waals surface area contributed by atoms with Crippen LogP contribution in [0.4, 0.5) is 4.79 Å². The molecule has 7 nitrogen and oxygen atoms in total. The Bertz CT molecular complexity index is 476. The number of para-hydroxylation sites is 1. The van der Waals surface area contributed by atoms with E-state index in [9.17, 15) is 14.4 Å². The maximum atomic E-state index is 11.4. The molecule has 0 unspecified atom stereocenters. The van der Waals surface area contributed by atoms with E-state index in [1.807, 2.05) is 35.6 Å². The zero-order chi connectivity index (χ0) is 15.5. The van der Waals surface area contributed by atoms with Crippen molar-refractivity contribution in [3.8, 4) is 5.75 Å². The quantitative estimate of drug-likeness (QED) is 0.574. The highest BCUT2D eigenvalue weighted by Crippen LogP contribution is 2.08. The van der Waals surface area contributed by atoms with Crippen molar-refractivity contribution in [1.29, 1.82) is 0 Å². The molecule has 0 saturated carbocycles. The Hall–Kier alpha value is -2.57. The van der Waals surface area contributed by atoms with Gasteiger partial charge in [-0.15, -0.1) is 0 Å². The van der Waals surface area contributed by atoms with Gasteiger partial charge in [0.05, 0.1) is 6.61 Å². The number of urea groups is 1. The lowest BCUT2D eigenvalue weighted by Crippen LogP contribution is -2.39. The zero-order valence-corrected chi connectivity index (χ0v) is 11.8. The predicted molar refractivity (Wildman–Crippen MR) is 74.7 cm³/mol. The van der Waals surface area contributed by atoms with Crippen molar-refractivity contribution >= 4 is 17.9 Å². The first-order valence-electron chi connectivity index (χ1n) is 6.47. The van der Waals surface area contributed by atoms with Crippen molar-refractivity contribution < 1.29 is 23.9 Å². The molecule has 0 aliphatic heterocycles. The number of carbonyl (C=O) groups excluding carboxylic acids is 3. The molecule has 7 heteroatoms. The summed E-state index contributed by atoms with van der Waals surface area (Å²) in [5, 5.41) is 4.20. The van der Waals surface area contributed by atoms with Crippen LogP contribution in [-0.4, -0.2) is 38.2 Å². The van der Waals surface area contributed by atoms with Crippen molar-refractivity contribution in [2.24, 2.45) is 0 Å². The van der Waals surface area contributed by atoms with Crippen LogP contribution in [0.5, 0.6) is 5.75 Å². The van der Waals surface area contributed by atoms with E-state index < -0.39 is 24.5 Å². The molecule has 0 heterocycles. The van der Waals surface area contributed by atoms with Crippen LogP contribution in [0, 0.1) is 0 Å². The van der Waals surface area contributed by atoms with Crippen LogP contribution in [0.15, 0.2) is 30.3 Å². The smallest absolute Gasteiger partial charge is 0.321 e. The number of hydrogen-bond donors (Lipinski definition) is 2. The van der Waals surface area contributed by atoms with Gasteiger partial charge in [0.25, 0.3) is 5.91 Å². The SMILES string of the molecule is CNC(=O)NC(=O)COC(=O)CCCOc1ccccc1. The summed E-state index contributed by atoms with van der Waals surface area (Å²) in [6, 6.07) is 8.59. The molecule has 0 radical (unpaired) electrons. The molecular formula is C14H18N2O5. The number of nitrogens with one attached hydrogen (secondary N) is 2. The van der Waals surface area contributed by atoms with E-state index >= 15 is 0 Å². The van der Waals surface area contributed by atoms with E-state index in [0.29, 0.717) is 13.0 Å². The van der Waals surface area contributed by atoms with Gasteiger partial charge < -0.3 is 14.8 Å². The van der Waals surface area contributed by atoms with E-state index in [1.165, 1.54) is 7.05 Å². The largest absolute Gasteiger partial charge is 0.494 e. The van der Waals surface area contributed by atoms with E-state index in [4.69, 9.17) is 9.47 Å². The normalized spacial score (nSPS) is 9.57. The van der Waals surface area contributed by atoms with E-state index in [2.05, 4.69) is 5.32 Å². The monoisotopic (exact) mass is 294 g/mol. The van der Waals surface area contributed by atoms with Gasteiger partial charge in [0.15, 0.2) is 6.61 Å². The second-order valence-electron chi connectivity index (χ2n) is 4.05. The highest BCUT2D eigenvalue weighted by Gasteiger charge is 2.09. The molecule has 114 valence electrons. The molecule has 0 spiro atoms. The minimum absolute atomic E-state index is 0.139. The molecule has 1 aromatic carbocycles. The Balaban J connectivity index is 2.09. The molecule has 1 rings (SSSR count). The molecule has 0 aliphatic carbocycles. The molecule has 0 aromatic heterocycles. The molecule has 21 heavy (non-hydrogen) atoms. The summed E-state index contributed by atoms with van der Waals surface area (Å²) in [4.78, 5) is 33.3. The van der Waals surface area contributed by atoms with Crippen molar-refractivity contribution in [2.45, 2.75) is 12.8 Å². The first kappa shape index (κ1) is 16.5. The Morgan fingerprint density at radius 2 is 1.86 bits per heavy atom. The van der Waals surface area contributed by atoms with Crippen molar-refractivity contribution in [2.75, 3.05) is 20.3 Å². The highest BCUT2D eigenvalue weighted by atomic mass is 16.5. The molecule has 1 aromatic rings. The van der Waals surface area contributed by atoms with E-state index in [-0.39, 0.29) is 6.42 Å². The van der Waals surface area contributed by atoms with Gasteiger partial charge in [-0.2, -0.15) is 0 Å². The van der Waals surface area contributed by atoms with Gasteiger partial charge in [-0.05, 0) is 18.6 Å². The van der Waals surface area contributed by atoms with Crippen molar-refractivity contribution in [1.82, 2.24) is 10.6 Å². The number of ether oxygens (including phenoxy) is 2. The summed E-state index contributed by atoms with van der Waals surface area (Å²) < 4.78 is 10.1. The third kappa shape index (κ3) is 7.56. The van der Waals surface area contributed by atoms with E-state index in [0.717, 1.165) is 5.75 Å². The van der Waals surface area contributed by atoms with Crippen LogP contribution < -0.4 is 15.4 Å². The molecule has 3 amide bonds. The molecule has 0 saturated heterocycles. The molecule has 0 bridgehead atoms. The van der Waals surface area contributed by atoms with Gasteiger partial charge in [-0.3, -0.25) is 14.9 Å². The van der Waals surface area contributed by atoms with Crippen LogP contribution in [0.3, 0.4) is 0 Å². The third-order valence-corrected chi connectivity index (χ3v) is 2.38. The van der Waals surface area contributed by atoms with E-state index in [1.54, 1.807) is 0 Å². The van der Waals surface area contributed by atoms with Crippen LogP contribution >= 0.6 is 0 Å². The summed E-state index contributed by atoms with van der Waals surface area (Å²) in [5.74, 6) is -0.460. The minimum atomic E-state index is -0.678. The summed E-state index contributed by atoms with van der Waals surface area (Å²) in [6.07, 6.45) is 0.616. The highest BCUT2D eigenvalue weighted by molar-refractivity contribution is 5.95. The first-order chi connectivity index (χ1) is 10.1. The lowest BCUT2D eigenvalue weighted by molar-refractivity contribution is -0.148. The van der Waals surface area contributed by atoms with Gasteiger partial charge in [0.2, 0.25) is 0 Å². The Kier molecular flexibility index (Phi) is 7.34. The van der Waals surface area contributed by atoms with Gasteiger partial charge >= 0.3 is 12.0 Å². The van der Waals surface area contributed by atoms with Gasteiger partial charge in [0, 0.05) is 13.5 Å². The van der Waals surface area contributed by atoms with Gasteiger partial charge in [0.1, 0.15) is 5.75 Å². The lowest BCUT2D eigenvalue weighted by atomic mass is 10.3. The number of amides is 3. The number of hydrogen-bond acceptors (Lipinski definition) is 5. The number of esters is 1. The van der Waals surface area contributed by atoms with Crippen molar-refractivity contribution in [3.05, 3.63) is 30.3 Å². The summed E-state index contributed by atoms with van der Waals surface area (Å²) in [6.45, 7) is -0.102. The maximum Gasteiger partial charge on any atom is 0.321 e. The maximum absolute atomic E-state index is 11.4. The standard InChI is InChI=1S/C14H18N2O5/c1-15-14(19)16-12(17)10-21-13(18)8-5-9-20-11-6-3-2-4-7-11/h2-4,6-7H,5,8-10H2,1H3,(H2,15,16,17,19). The van der Waals surface area contributed by atoms with Crippen LogP contribution in [0.25, 0.3) is 0 Å². The topological polar surface area (TPSA) is 93.7 Å². The Morgan fingerprint density at radius 1 is 1.14 bits per heavy atom. The fourth-order valence-corrected chi connectivity index (χ4v) is 1.37. The first-order valence-corrected chi connectivity index (χ1v) is 6.47. The Morgan fingerprint density at radius 3 is 2.52 bits per heavy atom. The number of carbonyl (C=O) groups is 3. The van der Waals surface area contributed by atoms with Gasteiger partial charge in [-0.1, -0.05) is 18.2 Å². The van der Waals surface area contributed by atoms with Crippen LogP contribution in [0.2, 0.25) is 0 Å². The average Bonchev–Trinajstić information content (AvgIpc) is 2.50. The summed E-state index contributed by atoms with van der Waals surface area (Å²) in [7, 11) is 1.38. The summed E-state index contributed by atoms with van der Waals surface area (Å²) >= 11 is 0. The number of benzene rings is 1. The number of imide groups is 1. The molecule has 0 fully saturated rings. The lowest BCUT2D eigenvalue weighted by Gasteiger charge is -2.06. The summed E-state index contributed by atoms with van der Waals surface area (Å²) in [5.41, 5.74) is 0. The number of rotatable bonds is 7. The predicted octanol–water partition coefficient (Wildman–Crippen LogP) is 0.844. The second kappa shape index (κ2) is 9.35. The van der Waals surface area contributed by atoms with Gasteiger partial charge in [-0.25, -0.2) is 4.79 Å². The zero-order valence-electron chi connectivity index (χ0n) is 11.8. The van der Waals surface area contributed by atoms with Crippen LogP contribution in [-0.2, 0) is 14.3 Å². The molecule has 0 atom stereocenters. The molecular weight excluding hydrogens is 276 g/mol. The van der Waals surface area contributed by atoms with Crippen LogP contribution in [0.1, 0.15) is 12.8 Å².